The first-order valence-corrected chi connectivity index (χ1v) is 6.17. The van der Waals surface area contributed by atoms with Crippen LogP contribution in [-0.2, 0) is 6.18 Å². The molecule has 0 aromatic heterocycles. The summed E-state index contributed by atoms with van der Waals surface area (Å²) in [6, 6.07) is 3.78. The van der Waals surface area contributed by atoms with Crippen molar-refractivity contribution in [3.8, 4) is 11.5 Å². The molecular formula is C13H5BrF6O. The summed E-state index contributed by atoms with van der Waals surface area (Å²) < 4.78 is 82.6. The smallest absolute Gasteiger partial charge is 0.416 e. The molecule has 8 heteroatoms. The molecule has 0 aliphatic carbocycles. The summed E-state index contributed by atoms with van der Waals surface area (Å²) in [5.41, 5.74) is -1.50. The van der Waals surface area contributed by atoms with Gasteiger partial charge in [0.25, 0.3) is 0 Å². The first-order valence-electron chi connectivity index (χ1n) is 5.38. The summed E-state index contributed by atoms with van der Waals surface area (Å²) in [5.74, 6) is -5.75. The molecule has 0 N–H and O–H groups in total. The minimum atomic E-state index is -4.90. The van der Waals surface area contributed by atoms with Crippen LogP contribution in [0.15, 0.2) is 34.8 Å². The van der Waals surface area contributed by atoms with E-state index in [1.807, 2.05) is 0 Å². The zero-order valence-electron chi connectivity index (χ0n) is 9.94. The molecule has 0 atom stereocenters. The molecule has 0 fully saturated rings. The molecule has 0 amide bonds. The lowest BCUT2D eigenvalue weighted by Gasteiger charge is -2.13. The largest absolute Gasteiger partial charge is 0.447 e. The molecule has 1 nitrogen and oxygen atoms in total. The lowest BCUT2D eigenvalue weighted by atomic mass is 10.2. The Kier molecular flexibility index (Phi) is 4.18. The van der Waals surface area contributed by atoms with Crippen molar-refractivity contribution in [2.45, 2.75) is 6.18 Å². The Balaban J connectivity index is 2.47. The number of rotatable bonds is 2. The summed E-state index contributed by atoms with van der Waals surface area (Å²) in [4.78, 5) is 0. The van der Waals surface area contributed by atoms with Crippen LogP contribution < -0.4 is 4.74 Å². The number of hydrogen-bond donors (Lipinski definition) is 0. The van der Waals surface area contributed by atoms with E-state index >= 15 is 0 Å². The van der Waals surface area contributed by atoms with Crippen molar-refractivity contribution in [1.82, 2.24) is 0 Å². The zero-order chi connectivity index (χ0) is 15.8. The fourth-order valence-corrected chi connectivity index (χ4v) is 1.93. The fraction of sp³-hybridized carbons (Fsp3) is 0.0769. The molecule has 0 radical (unpaired) electrons. The highest BCUT2D eigenvalue weighted by molar-refractivity contribution is 9.10. The van der Waals surface area contributed by atoms with Gasteiger partial charge in [0.15, 0.2) is 29.0 Å². The highest BCUT2D eigenvalue weighted by Gasteiger charge is 2.33. The van der Waals surface area contributed by atoms with Crippen LogP contribution in [0.2, 0.25) is 0 Å². The van der Waals surface area contributed by atoms with E-state index in [4.69, 9.17) is 4.74 Å². The average molecular weight is 371 g/mol. The maximum atomic E-state index is 13.6. The summed E-state index contributed by atoms with van der Waals surface area (Å²) >= 11 is 2.91. The molecule has 2 aromatic carbocycles. The van der Waals surface area contributed by atoms with Gasteiger partial charge in [0.1, 0.15) is 0 Å². The third-order valence-electron chi connectivity index (χ3n) is 2.45. The van der Waals surface area contributed by atoms with Gasteiger partial charge in [-0.3, -0.25) is 0 Å². The van der Waals surface area contributed by atoms with Gasteiger partial charge in [-0.05, 0) is 40.2 Å². The van der Waals surface area contributed by atoms with Crippen molar-refractivity contribution in [2.24, 2.45) is 0 Å². The van der Waals surface area contributed by atoms with E-state index in [1.165, 1.54) is 12.1 Å². The number of hydrogen-bond acceptors (Lipinski definition) is 1. The Morgan fingerprint density at radius 3 is 1.90 bits per heavy atom. The first kappa shape index (κ1) is 15.7. The van der Waals surface area contributed by atoms with Crippen LogP contribution in [0.4, 0.5) is 26.3 Å². The van der Waals surface area contributed by atoms with Crippen molar-refractivity contribution in [3.63, 3.8) is 0 Å². The summed E-state index contributed by atoms with van der Waals surface area (Å²) in [6.45, 7) is 0. The van der Waals surface area contributed by atoms with Gasteiger partial charge < -0.3 is 4.74 Å². The lowest BCUT2D eigenvalue weighted by molar-refractivity contribution is -0.138. The molecule has 0 saturated carbocycles. The second-order valence-corrected chi connectivity index (χ2v) is 4.77. The predicted molar refractivity (Wildman–Crippen MR) is 65.5 cm³/mol. The van der Waals surface area contributed by atoms with E-state index in [1.54, 1.807) is 0 Å². The Hall–Kier alpha value is -1.70. The van der Waals surface area contributed by atoms with Gasteiger partial charge in [-0.2, -0.15) is 13.2 Å². The molecule has 0 aliphatic rings. The van der Waals surface area contributed by atoms with Crippen LogP contribution in [0.25, 0.3) is 0 Å². The van der Waals surface area contributed by atoms with Gasteiger partial charge in [-0.15, -0.1) is 0 Å². The summed E-state index contributed by atoms with van der Waals surface area (Å²) in [7, 11) is 0. The maximum absolute atomic E-state index is 13.6. The number of alkyl halides is 3. The first-order chi connectivity index (χ1) is 9.70. The van der Waals surface area contributed by atoms with Crippen molar-refractivity contribution >= 4 is 15.9 Å². The van der Waals surface area contributed by atoms with Crippen LogP contribution in [-0.4, -0.2) is 0 Å². The molecule has 21 heavy (non-hydrogen) atoms. The molecule has 0 bridgehead atoms. The molecule has 0 saturated heterocycles. The molecule has 112 valence electrons. The Morgan fingerprint density at radius 2 is 1.43 bits per heavy atom. The summed E-state index contributed by atoms with van der Waals surface area (Å²) in [5, 5.41) is 0. The lowest BCUT2D eigenvalue weighted by Crippen LogP contribution is -2.07. The Morgan fingerprint density at radius 1 is 0.857 bits per heavy atom. The van der Waals surface area contributed by atoms with Crippen LogP contribution in [0, 0.1) is 17.5 Å². The topological polar surface area (TPSA) is 9.23 Å². The predicted octanol–water partition coefficient (Wildman–Crippen LogP) is 5.68. The van der Waals surface area contributed by atoms with Crippen molar-refractivity contribution in [3.05, 3.63) is 57.8 Å². The van der Waals surface area contributed by atoms with E-state index in [-0.39, 0.29) is 16.6 Å². The van der Waals surface area contributed by atoms with Gasteiger partial charge in [0.2, 0.25) is 0 Å². The van der Waals surface area contributed by atoms with E-state index in [2.05, 4.69) is 15.9 Å². The molecule has 0 heterocycles. The third kappa shape index (κ3) is 3.31. The van der Waals surface area contributed by atoms with Crippen molar-refractivity contribution < 1.29 is 31.1 Å². The molecule has 0 aliphatic heterocycles. The van der Waals surface area contributed by atoms with E-state index in [0.29, 0.717) is 0 Å². The number of ether oxygens (including phenoxy) is 1. The standard InChI is InChI=1S/C13H5BrF6O/c14-7-2-1-3-8(15)11(7)21-12-9(16)4-6(5-10(12)17)13(18,19)20/h1-5H. The monoisotopic (exact) mass is 370 g/mol. The quantitative estimate of drug-likeness (QED) is 0.618. The molecule has 2 rings (SSSR count). The van der Waals surface area contributed by atoms with Gasteiger partial charge >= 0.3 is 6.18 Å². The van der Waals surface area contributed by atoms with Crippen LogP contribution in [0.5, 0.6) is 11.5 Å². The fourth-order valence-electron chi connectivity index (χ4n) is 1.50. The van der Waals surface area contributed by atoms with Gasteiger partial charge in [-0.1, -0.05) is 6.07 Å². The van der Waals surface area contributed by atoms with Crippen LogP contribution in [0.3, 0.4) is 0 Å². The number of halogens is 7. The Bertz CT molecular complexity index is 640. The van der Waals surface area contributed by atoms with Gasteiger partial charge in [0.05, 0.1) is 10.0 Å². The molecule has 0 spiro atoms. The highest BCUT2D eigenvalue weighted by atomic mass is 79.9. The minimum Gasteiger partial charge on any atom is -0.447 e. The van der Waals surface area contributed by atoms with Gasteiger partial charge in [0, 0.05) is 0 Å². The normalized spacial score (nSPS) is 11.6. The number of para-hydroxylation sites is 1. The molecular weight excluding hydrogens is 366 g/mol. The average Bonchev–Trinajstić information content (AvgIpc) is 2.35. The highest BCUT2D eigenvalue weighted by Crippen LogP contribution is 2.38. The van der Waals surface area contributed by atoms with E-state index in [9.17, 15) is 26.3 Å². The Labute approximate surface area is 123 Å². The number of benzene rings is 2. The van der Waals surface area contributed by atoms with E-state index in [0.717, 1.165) is 6.07 Å². The third-order valence-corrected chi connectivity index (χ3v) is 3.07. The zero-order valence-corrected chi connectivity index (χ0v) is 11.5. The van der Waals surface area contributed by atoms with Gasteiger partial charge in [-0.25, -0.2) is 13.2 Å². The second kappa shape index (κ2) is 5.59. The van der Waals surface area contributed by atoms with Crippen LogP contribution in [0.1, 0.15) is 5.56 Å². The van der Waals surface area contributed by atoms with Crippen LogP contribution >= 0.6 is 15.9 Å². The molecule has 2 aromatic rings. The minimum absolute atomic E-state index is 0.0567. The van der Waals surface area contributed by atoms with E-state index < -0.39 is 40.7 Å². The second-order valence-electron chi connectivity index (χ2n) is 3.92. The summed E-state index contributed by atoms with van der Waals surface area (Å²) in [6.07, 6.45) is -4.90. The molecule has 0 unspecified atom stereocenters. The van der Waals surface area contributed by atoms with Crippen molar-refractivity contribution in [2.75, 3.05) is 0 Å². The van der Waals surface area contributed by atoms with Crippen molar-refractivity contribution in [1.29, 1.82) is 0 Å². The SMILES string of the molecule is Fc1cc(C(F)(F)F)cc(F)c1Oc1c(F)cccc1Br. The maximum Gasteiger partial charge on any atom is 0.416 e.